The number of rotatable bonds is 6. The van der Waals surface area contributed by atoms with Gasteiger partial charge in [-0.15, -0.1) is 0 Å². The summed E-state index contributed by atoms with van der Waals surface area (Å²) < 4.78 is 2.41. The Hall–Kier alpha value is -8.28. The maximum Gasteiger partial charge on any atom is 0.182 e. The van der Waals surface area contributed by atoms with E-state index in [1.54, 1.807) is 0 Å². The molecule has 0 aliphatic carbocycles. The SMILES string of the molecule is c1ccc(-c2ccc3c(c2)c2ccccc2n3-c2ccc3c4ccccc4c4c(-c5cccc(-c6nc(-c7ccccc7)nc(-c7ccccc7)n6)n5)cccc4c3c2)cc1. The third kappa shape index (κ3) is 5.86. The molecule has 0 saturated heterocycles. The Balaban J connectivity index is 1.05. The molecule has 12 aromatic rings. The molecule has 9 aromatic carbocycles. The highest BCUT2D eigenvalue weighted by molar-refractivity contribution is 6.28. The van der Waals surface area contributed by atoms with Crippen LogP contribution in [-0.4, -0.2) is 24.5 Å². The quantitative estimate of drug-likeness (QED) is 0.158. The molecule has 0 saturated carbocycles. The summed E-state index contributed by atoms with van der Waals surface area (Å²) in [5.41, 5.74) is 10.3. The van der Waals surface area contributed by atoms with Crippen LogP contribution in [0.3, 0.4) is 0 Å². The molecule has 3 heterocycles. The van der Waals surface area contributed by atoms with Crippen molar-refractivity contribution in [3.8, 4) is 62.4 Å². The lowest BCUT2D eigenvalue weighted by molar-refractivity contribution is 1.06. The topological polar surface area (TPSA) is 56.5 Å². The first-order valence-electron chi connectivity index (χ1n) is 20.6. The standard InChI is InChI=1S/C56H35N5/c1-4-16-36(17-5-1)39-30-33-52-48(34-39)43-23-12-13-29-51(43)61(52)40-31-32-42-41-22-10-11-24-44(41)53-45(47(42)35-40)25-14-26-46(53)49-27-15-28-50(57-49)56-59-54(37-18-6-2-7-19-37)58-55(60-56)38-20-8-3-9-21-38/h1-35H. The van der Waals surface area contributed by atoms with Crippen molar-refractivity contribution in [3.05, 3.63) is 212 Å². The van der Waals surface area contributed by atoms with Gasteiger partial charge in [-0.05, 0) is 85.9 Å². The van der Waals surface area contributed by atoms with E-state index in [-0.39, 0.29) is 0 Å². The van der Waals surface area contributed by atoms with Crippen molar-refractivity contribution in [2.24, 2.45) is 0 Å². The van der Waals surface area contributed by atoms with Crippen molar-refractivity contribution < 1.29 is 0 Å². The van der Waals surface area contributed by atoms with Crippen molar-refractivity contribution in [3.63, 3.8) is 0 Å². The summed E-state index contributed by atoms with van der Waals surface area (Å²) in [5, 5.41) is 9.59. The number of hydrogen-bond donors (Lipinski definition) is 0. The van der Waals surface area contributed by atoms with E-state index >= 15 is 0 Å². The summed E-state index contributed by atoms with van der Waals surface area (Å²) in [5.74, 6) is 1.74. The number of benzene rings is 9. The van der Waals surface area contributed by atoms with E-state index in [2.05, 4.69) is 150 Å². The Kier molecular flexibility index (Phi) is 8.10. The summed E-state index contributed by atoms with van der Waals surface area (Å²) in [6.07, 6.45) is 0. The van der Waals surface area contributed by atoms with E-state index in [0.717, 1.165) is 33.5 Å². The monoisotopic (exact) mass is 777 g/mol. The van der Waals surface area contributed by atoms with Crippen LogP contribution < -0.4 is 0 Å². The third-order valence-electron chi connectivity index (χ3n) is 11.8. The molecule has 61 heavy (non-hydrogen) atoms. The number of nitrogens with zero attached hydrogens (tertiary/aromatic N) is 5. The van der Waals surface area contributed by atoms with Gasteiger partial charge in [-0.2, -0.15) is 0 Å². The van der Waals surface area contributed by atoms with Gasteiger partial charge >= 0.3 is 0 Å². The van der Waals surface area contributed by atoms with Gasteiger partial charge in [0.05, 0.1) is 16.7 Å². The lowest BCUT2D eigenvalue weighted by Gasteiger charge is -2.16. The van der Waals surface area contributed by atoms with E-state index in [9.17, 15) is 0 Å². The molecule has 0 spiro atoms. The zero-order chi connectivity index (χ0) is 40.3. The normalized spacial score (nSPS) is 11.6. The molecule has 12 rings (SSSR count). The highest BCUT2D eigenvalue weighted by Gasteiger charge is 2.19. The highest BCUT2D eigenvalue weighted by Crippen LogP contribution is 2.42. The van der Waals surface area contributed by atoms with Crippen LogP contribution in [-0.2, 0) is 0 Å². The van der Waals surface area contributed by atoms with Crippen molar-refractivity contribution in [2.45, 2.75) is 0 Å². The maximum atomic E-state index is 5.32. The van der Waals surface area contributed by atoms with Crippen molar-refractivity contribution in [1.82, 2.24) is 24.5 Å². The highest BCUT2D eigenvalue weighted by atomic mass is 15.0. The first-order chi connectivity index (χ1) is 30.2. The van der Waals surface area contributed by atoms with Gasteiger partial charge in [0.2, 0.25) is 0 Å². The van der Waals surface area contributed by atoms with Gasteiger partial charge in [0.1, 0.15) is 5.69 Å². The number of para-hydroxylation sites is 1. The van der Waals surface area contributed by atoms with Crippen LogP contribution in [0.4, 0.5) is 0 Å². The molecule has 0 atom stereocenters. The number of hydrogen-bond acceptors (Lipinski definition) is 4. The molecule has 5 heteroatoms. The summed E-state index contributed by atoms with van der Waals surface area (Å²) in [7, 11) is 0. The predicted molar refractivity (Wildman–Crippen MR) is 252 cm³/mol. The van der Waals surface area contributed by atoms with Crippen molar-refractivity contribution >= 4 is 54.1 Å². The van der Waals surface area contributed by atoms with Crippen LogP contribution in [0.1, 0.15) is 0 Å². The molecule has 0 bridgehead atoms. The molecule has 0 amide bonds. The van der Waals surface area contributed by atoms with Crippen molar-refractivity contribution in [2.75, 3.05) is 0 Å². The second-order valence-corrected chi connectivity index (χ2v) is 15.4. The molecular weight excluding hydrogens is 743 g/mol. The van der Waals surface area contributed by atoms with Gasteiger partial charge in [-0.1, -0.05) is 170 Å². The largest absolute Gasteiger partial charge is 0.309 e. The Bertz CT molecular complexity index is 3580. The van der Waals surface area contributed by atoms with Gasteiger partial charge in [0.15, 0.2) is 17.5 Å². The molecule has 0 fully saturated rings. The molecule has 0 aliphatic heterocycles. The predicted octanol–water partition coefficient (Wildman–Crippen LogP) is 14.2. The number of pyridine rings is 1. The lowest BCUT2D eigenvalue weighted by atomic mass is 9.90. The molecule has 0 radical (unpaired) electrons. The second kappa shape index (κ2) is 14.2. The Morgan fingerprint density at radius 1 is 0.279 bits per heavy atom. The minimum atomic E-state index is 0.525. The van der Waals surface area contributed by atoms with Crippen molar-refractivity contribution in [1.29, 1.82) is 0 Å². The van der Waals surface area contributed by atoms with Crippen LogP contribution in [0, 0.1) is 0 Å². The van der Waals surface area contributed by atoms with Crippen LogP contribution in [0.5, 0.6) is 0 Å². The molecule has 0 unspecified atom stereocenters. The third-order valence-corrected chi connectivity index (χ3v) is 11.8. The van der Waals surface area contributed by atoms with E-state index in [0.29, 0.717) is 23.2 Å². The smallest absolute Gasteiger partial charge is 0.182 e. The second-order valence-electron chi connectivity index (χ2n) is 15.4. The van der Waals surface area contributed by atoms with Gasteiger partial charge in [-0.25, -0.2) is 19.9 Å². The zero-order valence-electron chi connectivity index (χ0n) is 32.9. The maximum absolute atomic E-state index is 5.32. The lowest BCUT2D eigenvalue weighted by Crippen LogP contribution is -2.01. The van der Waals surface area contributed by atoms with E-state index in [4.69, 9.17) is 19.9 Å². The van der Waals surface area contributed by atoms with E-state index in [1.807, 2.05) is 66.7 Å². The zero-order valence-corrected chi connectivity index (χ0v) is 32.9. The minimum Gasteiger partial charge on any atom is -0.309 e. The number of aromatic nitrogens is 5. The fraction of sp³-hybridized carbons (Fsp3) is 0. The molecule has 0 N–H and O–H groups in total. The first-order valence-corrected chi connectivity index (χ1v) is 20.6. The summed E-state index contributed by atoms with van der Waals surface area (Å²) in [6, 6.07) is 74.7. The Morgan fingerprint density at radius 3 is 1.56 bits per heavy atom. The van der Waals surface area contributed by atoms with Crippen LogP contribution in [0.2, 0.25) is 0 Å². The summed E-state index contributed by atoms with van der Waals surface area (Å²) in [4.78, 5) is 20.2. The van der Waals surface area contributed by atoms with Gasteiger partial charge in [0, 0.05) is 33.2 Å². The number of fused-ring (bicyclic) bond motifs is 9. The van der Waals surface area contributed by atoms with Gasteiger partial charge < -0.3 is 4.57 Å². The minimum absolute atomic E-state index is 0.525. The van der Waals surface area contributed by atoms with Crippen LogP contribution in [0.15, 0.2) is 212 Å². The molecule has 284 valence electrons. The fourth-order valence-electron chi connectivity index (χ4n) is 9.04. The average Bonchev–Trinajstić information content (AvgIpc) is 3.68. The molecule has 3 aromatic heterocycles. The Labute approximate surface area is 351 Å². The fourth-order valence-corrected chi connectivity index (χ4v) is 9.04. The molecule has 0 aliphatic rings. The van der Waals surface area contributed by atoms with Gasteiger partial charge in [0.25, 0.3) is 0 Å². The molecule has 5 nitrogen and oxygen atoms in total. The summed E-state index contributed by atoms with van der Waals surface area (Å²) in [6.45, 7) is 0. The molecular formula is C56H35N5. The Morgan fingerprint density at radius 2 is 0.820 bits per heavy atom. The van der Waals surface area contributed by atoms with Crippen LogP contribution >= 0.6 is 0 Å². The first kappa shape index (κ1) is 34.7. The average molecular weight is 778 g/mol. The van der Waals surface area contributed by atoms with Crippen LogP contribution in [0.25, 0.3) is 116 Å². The summed E-state index contributed by atoms with van der Waals surface area (Å²) >= 11 is 0. The van der Waals surface area contributed by atoms with Gasteiger partial charge in [-0.3, -0.25) is 0 Å². The van der Waals surface area contributed by atoms with E-state index < -0.39 is 0 Å². The van der Waals surface area contributed by atoms with E-state index in [1.165, 1.54) is 59.9 Å².